The van der Waals surface area contributed by atoms with Crippen molar-refractivity contribution in [3.63, 3.8) is 0 Å². The van der Waals surface area contributed by atoms with E-state index in [9.17, 15) is 0 Å². The van der Waals surface area contributed by atoms with Crippen molar-refractivity contribution in [2.75, 3.05) is 0 Å². The minimum Gasteiger partial charge on any atom is -0.0648 e. The van der Waals surface area contributed by atoms with Gasteiger partial charge in [0.1, 0.15) is 0 Å². The fourth-order valence-corrected chi connectivity index (χ4v) is 3.55. The van der Waals surface area contributed by atoms with Crippen molar-refractivity contribution < 1.29 is 0 Å². The Balaban J connectivity index is 1.85. The van der Waals surface area contributed by atoms with Gasteiger partial charge < -0.3 is 0 Å². The van der Waals surface area contributed by atoms with E-state index in [1.54, 1.807) is 0 Å². The largest absolute Gasteiger partial charge is 0.0648 e. The molecule has 0 aromatic heterocycles. The normalized spacial score (nSPS) is 13.7. The lowest BCUT2D eigenvalue weighted by Crippen LogP contribution is -2.00. The van der Waals surface area contributed by atoms with Gasteiger partial charge in [0.15, 0.2) is 0 Å². The van der Waals surface area contributed by atoms with Crippen LogP contribution >= 0.6 is 0 Å². The van der Waals surface area contributed by atoms with E-state index in [1.807, 2.05) is 0 Å². The molecule has 0 radical (unpaired) electrons. The van der Waals surface area contributed by atoms with Crippen LogP contribution in [-0.2, 0) is 12.8 Å². The van der Waals surface area contributed by atoms with Gasteiger partial charge in [-0.25, -0.2) is 0 Å². The molecule has 0 fully saturated rings. The second-order valence-electron chi connectivity index (χ2n) is 7.13. The molecular weight excluding hydrogens is 288 g/mol. The summed E-state index contributed by atoms with van der Waals surface area (Å²) in [6, 6.07) is 18.5. The first-order valence-electron chi connectivity index (χ1n) is 9.85. The SMILES string of the molecule is CCc1ccc(C(C)CCCC(CC)c2ccc(CC)cc2)cc1. The fourth-order valence-electron chi connectivity index (χ4n) is 3.55. The van der Waals surface area contributed by atoms with Crippen LogP contribution in [0.5, 0.6) is 0 Å². The van der Waals surface area contributed by atoms with Crippen LogP contribution in [0.15, 0.2) is 48.5 Å². The average Bonchev–Trinajstić information content (AvgIpc) is 2.65. The summed E-state index contributed by atoms with van der Waals surface area (Å²) in [6.45, 7) is 9.14. The van der Waals surface area contributed by atoms with Crippen molar-refractivity contribution in [1.82, 2.24) is 0 Å². The second-order valence-corrected chi connectivity index (χ2v) is 7.13. The summed E-state index contributed by atoms with van der Waals surface area (Å²) in [6.07, 6.45) is 7.40. The predicted molar refractivity (Wildman–Crippen MR) is 107 cm³/mol. The van der Waals surface area contributed by atoms with Gasteiger partial charge in [0.05, 0.1) is 0 Å². The van der Waals surface area contributed by atoms with Gasteiger partial charge in [0.2, 0.25) is 0 Å². The third-order valence-electron chi connectivity index (χ3n) is 5.50. The molecule has 0 N–H and O–H groups in total. The Bertz CT molecular complexity index is 576. The molecule has 0 aliphatic heterocycles. The average molecular weight is 323 g/mol. The molecule has 0 heteroatoms. The van der Waals surface area contributed by atoms with Gasteiger partial charge in [-0.2, -0.15) is 0 Å². The van der Waals surface area contributed by atoms with Crippen LogP contribution < -0.4 is 0 Å². The summed E-state index contributed by atoms with van der Waals surface area (Å²) < 4.78 is 0. The maximum Gasteiger partial charge on any atom is -0.0165 e. The number of benzene rings is 2. The van der Waals surface area contributed by atoms with Crippen molar-refractivity contribution in [1.29, 1.82) is 0 Å². The van der Waals surface area contributed by atoms with Crippen LogP contribution in [0.1, 0.15) is 87.5 Å². The van der Waals surface area contributed by atoms with Crippen LogP contribution in [-0.4, -0.2) is 0 Å². The highest BCUT2D eigenvalue weighted by molar-refractivity contribution is 5.26. The molecule has 2 unspecified atom stereocenters. The maximum absolute atomic E-state index is 2.37. The van der Waals surface area contributed by atoms with E-state index >= 15 is 0 Å². The van der Waals surface area contributed by atoms with E-state index in [1.165, 1.54) is 47.9 Å². The molecule has 0 aliphatic rings. The molecule has 0 spiro atoms. The van der Waals surface area contributed by atoms with Crippen LogP contribution in [0.4, 0.5) is 0 Å². The third-order valence-corrected chi connectivity index (χ3v) is 5.50. The van der Waals surface area contributed by atoms with Gasteiger partial charge in [-0.1, -0.05) is 82.6 Å². The zero-order chi connectivity index (χ0) is 17.4. The van der Waals surface area contributed by atoms with Gasteiger partial charge in [0.25, 0.3) is 0 Å². The number of hydrogen-bond acceptors (Lipinski definition) is 0. The monoisotopic (exact) mass is 322 g/mol. The first-order chi connectivity index (χ1) is 11.7. The van der Waals surface area contributed by atoms with Crippen LogP contribution in [0.2, 0.25) is 0 Å². The Kier molecular flexibility index (Phi) is 7.56. The molecule has 130 valence electrons. The first kappa shape index (κ1) is 18.8. The van der Waals surface area contributed by atoms with E-state index in [-0.39, 0.29) is 0 Å². The molecule has 2 atom stereocenters. The van der Waals surface area contributed by atoms with Crippen LogP contribution in [0.25, 0.3) is 0 Å². The highest BCUT2D eigenvalue weighted by Crippen LogP contribution is 2.29. The minimum atomic E-state index is 0.663. The van der Waals surface area contributed by atoms with E-state index in [4.69, 9.17) is 0 Å². The second kappa shape index (κ2) is 9.67. The lowest BCUT2D eigenvalue weighted by Gasteiger charge is -2.18. The van der Waals surface area contributed by atoms with Crippen LogP contribution in [0.3, 0.4) is 0 Å². The van der Waals surface area contributed by atoms with Gasteiger partial charge in [-0.15, -0.1) is 0 Å². The lowest BCUT2D eigenvalue weighted by atomic mass is 9.87. The molecule has 0 amide bonds. The van der Waals surface area contributed by atoms with Gasteiger partial charge in [-0.05, 0) is 66.2 Å². The highest BCUT2D eigenvalue weighted by atomic mass is 14.2. The molecular formula is C24H34. The molecule has 0 saturated carbocycles. The first-order valence-corrected chi connectivity index (χ1v) is 9.85. The van der Waals surface area contributed by atoms with E-state index < -0.39 is 0 Å². The lowest BCUT2D eigenvalue weighted by molar-refractivity contribution is 0.529. The number of hydrogen-bond donors (Lipinski definition) is 0. The molecule has 0 nitrogen and oxygen atoms in total. The molecule has 2 rings (SSSR count). The Labute approximate surface area is 149 Å². The predicted octanol–water partition coefficient (Wildman–Crippen LogP) is 7.28. The molecule has 2 aromatic rings. The summed E-state index contributed by atoms with van der Waals surface area (Å²) in [4.78, 5) is 0. The van der Waals surface area contributed by atoms with Crippen LogP contribution in [0, 0.1) is 0 Å². The molecule has 2 aromatic carbocycles. The summed E-state index contributed by atoms with van der Waals surface area (Å²) in [5.41, 5.74) is 5.90. The van der Waals surface area contributed by atoms with Crippen molar-refractivity contribution in [3.8, 4) is 0 Å². The molecule has 0 saturated heterocycles. The Morgan fingerprint density at radius 3 is 1.62 bits per heavy atom. The van der Waals surface area contributed by atoms with Gasteiger partial charge in [-0.3, -0.25) is 0 Å². The summed E-state index contributed by atoms with van der Waals surface area (Å²) in [5, 5.41) is 0. The highest BCUT2D eigenvalue weighted by Gasteiger charge is 2.11. The number of rotatable bonds is 9. The standard InChI is InChI=1S/C24H34/c1-5-20-11-15-23(16-12-20)19(4)9-8-10-22(7-3)24-17-13-21(6-2)14-18-24/h11-19,22H,5-10H2,1-4H3. The minimum absolute atomic E-state index is 0.663. The Morgan fingerprint density at radius 1 is 0.667 bits per heavy atom. The molecule has 0 heterocycles. The molecule has 24 heavy (non-hydrogen) atoms. The zero-order valence-electron chi connectivity index (χ0n) is 16.0. The van der Waals surface area contributed by atoms with Gasteiger partial charge >= 0.3 is 0 Å². The zero-order valence-corrected chi connectivity index (χ0v) is 16.0. The number of aryl methyl sites for hydroxylation is 2. The topological polar surface area (TPSA) is 0 Å². The molecule has 0 bridgehead atoms. The maximum atomic E-state index is 2.37. The summed E-state index contributed by atoms with van der Waals surface area (Å²) >= 11 is 0. The van der Waals surface area contributed by atoms with E-state index in [0.717, 1.165) is 12.8 Å². The smallest absolute Gasteiger partial charge is 0.0165 e. The molecule has 0 aliphatic carbocycles. The summed E-state index contributed by atoms with van der Waals surface area (Å²) in [5.74, 6) is 1.38. The van der Waals surface area contributed by atoms with Gasteiger partial charge in [0, 0.05) is 0 Å². The summed E-state index contributed by atoms with van der Waals surface area (Å²) in [7, 11) is 0. The van der Waals surface area contributed by atoms with Crippen molar-refractivity contribution in [2.24, 2.45) is 0 Å². The quantitative estimate of drug-likeness (QED) is 0.455. The van der Waals surface area contributed by atoms with E-state index in [0.29, 0.717) is 11.8 Å². The fraction of sp³-hybridized carbons (Fsp3) is 0.500. The Hall–Kier alpha value is -1.56. The van der Waals surface area contributed by atoms with Crippen molar-refractivity contribution in [3.05, 3.63) is 70.8 Å². The van der Waals surface area contributed by atoms with E-state index in [2.05, 4.69) is 76.2 Å². The van der Waals surface area contributed by atoms with Crippen molar-refractivity contribution in [2.45, 2.75) is 78.1 Å². The Morgan fingerprint density at radius 2 is 1.17 bits per heavy atom. The third kappa shape index (κ3) is 5.23. The van der Waals surface area contributed by atoms with Crippen molar-refractivity contribution >= 4 is 0 Å².